The Morgan fingerprint density at radius 3 is 1.70 bits per heavy atom. The van der Waals surface area contributed by atoms with Crippen LogP contribution in [0.4, 0.5) is 5.69 Å². The van der Waals surface area contributed by atoms with E-state index < -0.39 is 8.16 Å². The Morgan fingerprint density at radius 1 is 0.788 bits per heavy atom. The molecule has 2 bridgehead atoms. The summed E-state index contributed by atoms with van der Waals surface area (Å²) in [5.41, 5.74) is 3.43. The third-order valence-electron chi connectivity index (χ3n) is 6.25. The molecular weight excluding hydrogens is 527 g/mol. The van der Waals surface area contributed by atoms with Gasteiger partial charge in [0.25, 0.3) is 0 Å². The Labute approximate surface area is 221 Å². The minimum Gasteiger partial charge on any atom is -0.274 e. The lowest BCUT2D eigenvalue weighted by Crippen LogP contribution is -2.38. The lowest BCUT2D eigenvalue weighted by molar-refractivity contribution is -0.122. The van der Waals surface area contributed by atoms with Gasteiger partial charge in [0.05, 0.1) is 25.9 Å². The quantitative estimate of drug-likeness (QED) is 0.237. The van der Waals surface area contributed by atoms with Crippen molar-refractivity contribution in [2.45, 2.75) is 44.3 Å². The summed E-state index contributed by atoms with van der Waals surface area (Å²) < 4.78 is 1.92. The highest BCUT2D eigenvalue weighted by Crippen LogP contribution is 2.83. The molecule has 4 atom stereocenters. The van der Waals surface area contributed by atoms with Crippen LogP contribution in [0.1, 0.15) is 38.8 Å². The number of fused-ring (bicyclic) bond motifs is 8. The fourth-order valence-corrected chi connectivity index (χ4v) is 16.2. The number of hydrogen-bond acceptors (Lipinski definition) is 8. The van der Waals surface area contributed by atoms with Crippen molar-refractivity contribution in [3.8, 4) is 0 Å². The molecule has 176 valence electrons. The predicted molar refractivity (Wildman–Crippen MR) is 150 cm³/mol. The molecule has 5 rings (SSSR count). The number of rotatable bonds is 9. The van der Waals surface area contributed by atoms with Gasteiger partial charge in [-0.3, -0.25) is 9.59 Å². The smallest absolute Gasteiger partial charge is 0.240 e. The molecule has 1 aromatic heterocycles. The molecule has 3 aliphatic rings. The van der Waals surface area contributed by atoms with Crippen molar-refractivity contribution in [1.29, 1.82) is 0 Å². The second-order valence-corrected chi connectivity index (χ2v) is 17.0. The molecule has 0 unspecified atom stereocenters. The zero-order valence-electron chi connectivity index (χ0n) is 19.1. The molecule has 2 saturated heterocycles. The van der Waals surface area contributed by atoms with Crippen LogP contribution in [0.2, 0.25) is 0 Å². The van der Waals surface area contributed by atoms with E-state index in [1.807, 2.05) is 100 Å². The molecule has 9 heteroatoms. The SMILES string of the molecule is CCSc1sc(SCC)c2c1[C@]1(SCC)S[C@@]2(SCC)[C@H]2C(=O)N(c3ccccc3)C(=O)[C@H]21. The van der Waals surface area contributed by atoms with E-state index in [0.717, 1.165) is 23.0 Å². The Kier molecular flexibility index (Phi) is 6.95. The molecule has 2 fully saturated rings. The molecule has 4 heterocycles. The first-order valence-electron chi connectivity index (χ1n) is 11.3. The first-order chi connectivity index (χ1) is 16.0. The second kappa shape index (κ2) is 9.36. The van der Waals surface area contributed by atoms with Crippen LogP contribution in [0.25, 0.3) is 0 Å². The molecule has 0 radical (unpaired) electrons. The standard InChI is InChI=1S/C24H27NO2S6/c1-5-28-21-17-18(22(32-21)29-6-2)24(31-8-4)16-15(23(17,33-24)30-7-3)19(26)25(20(16)27)14-12-10-9-11-13-14/h9-13,15-16H,5-8H2,1-4H3/t15-,16+,23+,24-. The van der Waals surface area contributed by atoms with Crippen molar-refractivity contribution >= 4 is 87.6 Å². The number of anilines is 1. The number of thioether (sulfide) groups is 5. The lowest BCUT2D eigenvalue weighted by atomic mass is 9.78. The zero-order valence-corrected chi connectivity index (χ0v) is 24.0. The van der Waals surface area contributed by atoms with Crippen molar-refractivity contribution in [3.63, 3.8) is 0 Å². The van der Waals surface area contributed by atoms with E-state index >= 15 is 0 Å². The maximum Gasteiger partial charge on any atom is 0.240 e. The van der Waals surface area contributed by atoms with Crippen LogP contribution >= 0.6 is 70.1 Å². The van der Waals surface area contributed by atoms with Gasteiger partial charge in [-0.1, -0.05) is 45.9 Å². The monoisotopic (exact) mass is 553 g/mol. The van der Waals surface area contributed by atoms with E-state index in [9.17, 15) is 9.59 Å². The average Bonchev–Trinajstić information content (AvgIpc) is 3.47. The number of carbonyl (C=O) groups excluding carboxylic acids is 2. The minimum atomic E-state index is -0.395. The number of carbonyl (C=O) groups is 2. The third-order valence-corrected chi connectivity index (χ3v) is 14.8. The largest absolute Gasteiger partial charge is 0.274 e. The summed E-state index contributed by atoms with van der Waals surface area (Å²) in [5.74, 6) is 3.16. The van der Waals surface area contributed by atoms with Gasteiger partial charge in [0.2, 0.25) is 11.8 Å². The van der Waals surface area contributed by atoms with Crippen LogP contribution in [0, 0.1) is 11.8 Å². The lowest BCUT2D eigenvalue weighted by Gasteiger charge is -2.34. The average molecular weight is 554 g/mol. The maximum atomic E-state index is 14.1. The van der Waals surface area contributed by atoms with Crippen molar-refractivity contribution in [3.05, 3.63) is 41.5 Å². The van der Waals surface area contributed by atoms with Crippen molar-refractivity contribution in [2.75, 3.05) is 27.9 Å². The number of imide groups is 1. The topological polar surface area (TPSA) is 37.4 Å². The van der Waals surface area contributed by atoms with Crippen LogP contribution in [-0.2, 0) is 17.7 Å². The fourth-order valence-electron chi connectivity index (χ4n) is 5.33. The van der Waals surface area contributed by atoms with Crippen LogP contribution in [-0.4, -0.2) is 34.8 Å². The molecule has 3 nitrogen and oxygen atoms in total. The summed E-state index contributed by atoms with van der Waals surface area (Å²) in [5, 5.41) is 0. The molecule has 2 amide bonds. The number of para-hydroxylation sites is 1. The van der Waals surface area contributed by atoms with E-state index in [-0.39, 0.29) is 23.7 Å². The summed E-state index contributed by atoms with van der Waals surface area (Å²) in [6, 6.07) is 9.51. The van der Waals surface area contributed by atoms with Crippen molar-refractivity contribution in [2.24, 2.45) is 11.8 Å². The number of benzene rings is 1. The number of nitrogens with zero attached hydrogens (tertiary/aromatic N) is 1. The molecule has 3 aliphatic heterocycles. The van der Waals surface area contributed by atoms with Gasteiger partial charge in [0.1, 0.15) is 8.16 Å². The van der Waals surface area contributed by atoms with Gasteiger partial charge in [-0.15, -0.1) is 70.1 Å². The third kappa shape index (κ3) is 3.35. The Bertz CT molecular complexity index is 1030. The Balaban J connectivity index is 1.76. The number of amides is 2. The van der Waals surface area contributed by atoms with Crippen LogP contribution in [0.5, 0.6) is 0 Å². The molecule has 33 heavy (non-hydrogen) atoms. The molecular formula is C24H27NO2S6. The summed E-state index contributed by atoms with van der Waals surface area (Å²) in [7, 11) is 0. The van der Waals surface area contributed by atoms with Gasteiger partial charge in [-0.05, 0) is 35.1 Å². The van der Waals surface area contributed by atoms with Crippen LogP contribution in [0.3, 0.4) is 0 Å². The van der Waals surface area contributed by atoms with Crippen molar-refractivity contribution in [1.82, 2.24) is 0 Å². The zero-order chi connectivity index (χ0) is 23.4. The van der Waals surface area contributed by atoms with Gasteiger partial charge in [0, 0.05) is 11.1 Å². The number of hydrogen-bond donors (Lipinski definition) is 0. The summed E-state index contributed by atoms with van der Waals surface area (Å²) in [6.07, 6.45) is 0. The highest BCUT2D eigenvalue weighted by atomic mass is 32.2. The van der Waals surface area contributed by atoms with E-state index in [2.05, 4.69) is 27.7 Å². The van der Waals surface area contributed by atoms with Crippen molar-refractivity contribution < 1.29 is 9.59 Å². The van der Waals surface area contributed by atoms with E-state index in [1.165, 1.54) is 24.4 Å². The van der Waals surface area contributed by atoms with Gasteiger partial charge in [-0.25, -0.2) is 4.90 Å². The molecule has 2 aromatic rings. The minimum absolute atomic E-state index is 0.0165. The summed E-state index contributed by atoms with van der Waals surface area (Å²) in [6.45, 7) is 8.75. The fraction of sp³-hybridized carbons (Fsp3) is 0.500. The van der Waals surface area contributed by atoms with Crippen LogP contribution in [0.15, 0.2) is 38.8 Å². The van der Waals surface area contributed by atoms with Gasteiger partial charge >= 0.3 is 0 Å². The maximum absolute atomic E-state index is 14.1. The molecule has 0 aliphatic carbocycles. The Hall–Kier alpha value is -0.190. The molecule has 0 N–H and O–H groups in total. The van der Waals surface area contributed by atoms with Gasteiger partial charge in [-0.2, -0.15) is 0 Å². The first kappa shape index (κ1) is 24.5. The van der Waals surface area contributed by atoms with Gasteiger partial charge in [0.15, 0.2) is 0 Å². The summed E-state index contributed by atoms with van der Waals surface area (Å²) >= 11 is 11.4. The predicted octanol–water partition coefficient (Wildman–Crippen LogP) is 7.35. The highest BCUT2D eigenvalue weighted by Gasteiger charge is 2.78. The van der Waals surface area contributed by atoms with E-state index in [1.54, 1.807) is 0 Å². The molecule has 0 spiro atoms. The first-order valence-corrected chi connectivity index (χ1v) is 16.9. The summed E-state index contributed by atoms with van der Waals surface area (Å²) in [4.78, 5) is 29.7. The molecule has 0 saturated carbocycles. The van der Waals surface area contributed by atoms with E-state index in [0.29, 0.717) is 5.69 Å². The number of thiophene rings is 1. The van der Waals surface area contributed by atoms with E-state index in [4.69, 9.17) is 0 Å². The molecule has 1 aromatic carbocycles. The Morgan fingerprint density at radius 2 is 1.27 bits per heavy atom. The highest BCUT2D eigenvalue weighted by molar-refractivity contribution is 8.25. The van der Waals surface area contributed by atoms with Crippen LogP contribution < -0.4 is 4.90 Å². The second-order valence-electron chi connectivity index (χ2n) is 7.90. The van der Waals surface area contributed by atoms with Gasteiger partial charge < -0.3 is 0 Å². The normalized spacial score (nSPS) is 29.8.